The molecule has 31 heavy (non-hydrogen) atoms. The van der Waals surface area contributed by atoms with Crippen molar-refractivity contribution >= 4 is 38.8 Å². The lowest BCUT2D eigenvalue weighted by Crippen LogP contribution is -2.26. The number of anilines is 1. The quantitative estimate of drug-likeness (QED) is 0.277. The van der Waals surface area contributed by atoms with E-state index in [0.29, 0.717) is 5.52 Å². The lowest BCUT2D eigenvalue weighted by atomic mass is 10.1. The number of alkyl halides is 3. The van der Waals surface area contributed by atoms with Gasteiger partial charge in [-0.3, -0.25) is 4.79 Å². The molecule has 1 amide bonds. The van der Waals surface area contributed by atoms with Crippen LogP contribution in [0.5, 0.6) is 0 Å². The monoisotopic (exact) mass is 439 g/mol. The van der Waals surface area contributed by atoms with Crippen LogP contribution in [0.15, 0.2) is 77.9 Å². The zero-order chi connectivity index (χ0) is 22.0. The largest absolute Gasteiger partial charge is 0.416 e. The fourth-order valence-corrected chi connectivity index (χ4v) is 3.93. The van der Waals surface area contributed by atoms with Crippen LogP contribution in [-0.2, 0) is 6.18 Å². The lowest BCUT2D eigenvalue weighted by molar-refractivity contribution is -0.137. The van der Waals surface area contributed by atoms with E-state index in [-0.39, 0.29) is 10.7 Å². The van der Waals surface area contributed by atoms with Crippen LogP contribution in [0.2, 0.25) is 0 Å². The summed E-state index contributed by atoms with van der Waals surface area (Å²) in [6.07, 6.45) is -3.08. The molecule has 0 saturated heterocycles. The number of hydrogen-bond acceptors (Lipinski definition) is 4. The van der Waals surface area contributed by atoms with Crippen molar-refractivity contribution in [2.45, 2.75) is 13.1 Å². The average Bonchev–Trinajstić information content (AvgIpc) is 3.16. The topological polar surface area (TPSA) is 45.6 Å². The highest BCUT2D eigenvalue weighted by molar-refractivity contribution is 7.22. The Morgan fingerprint density at radius 2 is 1.81 bits per heavy atom. The average molecular weight is 439 g/mol. The smallest absolute Gasteiger partial charge is 0.267 e. The van der Waals surface area contributed by atoms with E-state index < -0.39 is 17.6 Å². The van der Waals surface area contributed by atoms with Crippen molar-refractivity contribution in [1.82, 2.24) is 4.98 Å². The molecule has 0 radical (unpaired) electrons. The maximum absolute atomic E-state index is 13.2. The molecule has 0 aliphatic rings. The SMILES string of the molecule is Cc1ccc2nc(N(/N=C/c3ccccc3)C(=O)c3cccc(C(F)(F)F)c3)sc2c1. The number of rotatable bonds is 4. The number of nitrogens with zero attached hydrogens (tertiary/aromatic N) is 3. The molecule has 4 rings (SSSR count). The molecular formula is C23H16F3N3OS. The summed E-state index contributed by atoms with van der Waals surface area (Å²) in [7, 11) is 0. The van der Waals surface area contributed by atoms with Gasteiger partial charge in [-0.2, -0.15) is 23.3 Å². The highest BCUT2D eigenvalue weighted by Crippen LogP contribution is 2.32. The maximum Gasteiger partial charge on any atom is 0.416 e. The van der Waals surface area contributed by atoms with E-state index in [9.17, 15) is 18.0 Å². The van der Waals surface area contributed by atoms with Gasteiger partial charge in [0.1, 0.15) is 0 Å². The number of aryl methyl sites for hydroxylation is 1. The third-order valence-electron chi connectivity index (χ3n) is 4.46. The summed E-state index contributed by atoms with van der Waals surface area (Å²) in [5.74, 6) is -0.700. The Morgan fingerprint density at radius 3 is 2.55 bits per heavy atom. The van der Waals surface area contributed by atoms with Gasteiger partial charge >= 0.3 is 6.18 Å². The second kappa shape index (κ2) is 8.31. The molecule has 0 spiro atoms. The molecule has 0 aliphatic heterocycles. The number of amides is 1. The van der Waals surface area contributed by atoms with E-state index in [0.717, 1.165) is 33.0 Å². The first-order valence-electron chi connectivity index (χ1n) is 9.29. The minimum atomic E-state index is -4.55. The van der Waals surface area contributed by atoms with E-state index in [2.05, 4.69) is 10.1 Å². The number of aromatic nitrogens is 1. The number of carbonyl (C=O) groups excluding carboxylic acids is 1. The van der Waals surface area contributed by atoms with Crippen molar-refractivity contribution in [3.8, 4) is 0 Å². The predicted molar refractivity (Wildman–Crippen MR) is 117 cm³/mol. The van der Waals surface area contributed by atoms with Crippen LogP contribution in [0.1, 0.15) is 27.0 Å². The number of hydrogen-bond donors (Lipinski definition) is 0. The molecule has 156 valence electrons. The molecule has 0 saturated carbocycles. The number of hydrazone groups is 1. The Bertz CT molecular complexity index is 1270. The van der Waals surface area contributed by atoms with E-state index in [1.54, 1.807) is 12.1 Å². The lowest BCUT2D eigenvalue weighted by Gasteiger charge is -2.15. The highest BCUT2D eigenvalue weighted by Gasteiger charge is 2.31. The third kappa shape index (κ3) is 4.64. The normalized spacial score (nSPS) is 11.9. The van der Waals surface area contributed by atoms with Gasteiger partial charge in [0, 0.05) is 5.56 Å². The summed E-state index contributed by atoms with van der Waals surface area (Å²) >= 11 is 1.25. The number of carbonyl (C=O) groups is 1. The molecule has 0 fully saturated rings. The Morgan fingerprint density at radius 1 is 1.03 bits per heavy atom. The number of halogens is 3. The standard InChI is InChI=1S/C23H16F3N3OS/c1-15-10-11-19-20(12-15)31-22(28-19)29(27-14-16-6-3-2-4-7-16)21(30)17-8-5-9-18(13-17)23(24,25)26/h2-14H,1H3/b27-14+. The van der Waals surface area contributed by atoms with Crippen LogP contribution >= 0.6 is 11.3 Å². The predicted octanol–water partition coefficient (Wildman–Crippen LogP) is 6.30. The second-order valence-corrected chi connectivity index (χ2v) is 7.83. The van der Waals surface area contributed by atoms with Gasteiger partial charge in [-0.15, -0.1) is 0 Å². The van der Waals surface area contributed by atoms with Crippen molar-refractivity contribution in [1.29, 1.82) is 0 Å². The van der Waals surface area contributed by atoms with Crippen molar-refractivity contribution in [2.24, 2.45) is 5.10 Å². The molecule has 3 aromatic carbocycles. The summed E-state index contributed by atoms with van der Waals surface area (Å²) in [6.45, 7) is 1.94. The van der Waals surface area contributed by atoms with Gasteiger partial charge in [-0.1, -0.05) is 53.8 Å². The number of fused-ring (bicyclic) bond motifs is 1. The Labute approximate surface area is 180 Å². The van der Waals surface area contributed by atoms with E-state index >= 15 is 0 Å². The van der Waals surface area contributed by atoms with Crippen LogP contribution in [0.4, 0.5) is 18.3 Å². The molecule has 1 aromatic heterocycles. The van der Waals surface area contributed by atoms with Crippen LogP contribution in [0.25, 0.3) is 10.2 Å². The summed E-state index contributed by atoms with van der Waals surface area (Å²) in [4.78, 5) is 17.7. The van der Waals surface area contributed by atoms with Crippen LogP contribution < -0.4 is 5.01 Å². The molecular weight excluding hydrogens is 423 g/mol. The first-order valence-corrected chi connectivity index (χ1v) is 10.1. The molecule has 4 aromatic rings. The third-order valence-corrected chi connectivity index (χ3v) is 5.46. The Balaban J connectivity index is 1.78. The first kappa shape index (κ1) is 20.7. The Hall–Kier alpha value is -3.52. The molecule has 0 N–H and O–H groups in total. The molecule has 4 nitrogen and oxygen atoms in total. The second-order valence-electron chi connectivity index (χ2n) is 6.82. The van der Waals surface area contributed by atoms with Gasteiger partial charge in [0.2, 0.25) is 5.13 Å². The van der Waals surface area contributed by atoms with Crippen LogP contribution in [0, 0.1) is 6.92 Å². The van der Waals surface area contributed by atoms with Gasteiger partial charge in [0.25, 0.3) is 5.91 Å². The van der Waals surface area contributed by atoms with E-state index in [1.807, 2.05) is 43.3 Å². The van der Waals surface area contributed by atoms with Crippen LogP contribution in [-0.4, -0.2) is 17.1 Å². The summed E-state index contributed by atoms with van der Waals surface area (Å²) < 4.78 is 40.3. The van der Waals surface area contributed by atoms with E-state index in [4.69, 9.17) is 0 Å². The van der Waals surface area contributed by atoms with Gasteiger partial charge in [-0.25, -0.2) is 4.98 Å². The highest BCUT2D eigenvalue weighted by atomic mass is 32.1. The molecule has 0 aliphatic carbocycles. The summed E-state index contributed by atoms with van der Waals surface area (Å²) in [6, 6.07) is 19.0. The van der Waals surface area contributed by atoms with Gasteiger partial charge in [0.15, 0.2) is 0 Å². The maximum atomic E-state index is 13.2. The van der Waals surface area contributed by atoms with Crippen LogP contribution in [0.3, 0.4) is 0 Å². The number of benzene rings is 3. The first-order chi connectivity index (χ1) is 14.8. The zero-order valence-corrected chi connectivity index (χ0v) is 17.1. The fourth-order valence-electron chi connectivity index (χ4n) is 2.91. The fraction of sp³-hybridized carbons (Fsp3) is 0.0870. The Kier molecular flexibility index (Phi) is 5.56. The number of thiazole rings is 1. The zero-order valence-electron chi connectivity index (χ0n) is 16.3. The molecule has 0 unspecified atom stereocenters. The molecule has 0 bridgehead atoms. The van der Waals surface area contributed by atoms with Crippen molar-refractivity contribution in [2.75, 3.05) is 5.01 Å². The molecule has 0 atom stereocenters. The van der Waals surface area contributed by atoms with Gasteiger partial charge in [0.05, 0.1) is 22.0 Å². The van der Waals surface area contributed by atoms with Crippen molar-refractivity contribution < 1.29 is 18.0 Å². The van der Waals surface area contributed by atoms with Crippen molar-refractivity contribution in [3.05, 3.63) is 95.1 Å². The molecule has 1 heterocycles. The minimum absolute atomic E-state index is 0.129. The minimum Gasteiger partial charge on any atom is -0.267 e. The van der Waals surface area contributed by atoms with Crippen molar-refractivity contribution in [3.63, 3.8) is 0 Å². The summed E-state index contributed by atoms with van der Waals surface area (Å²) in [5, 5.41) is 5.59. The summed E-state index contributed by atoms with van der Waals surface area (Å²) in [5.41, 5.74) is 1.43. The van der Waals surface area contributed by atoms with E-state index in [1.165, 1.54) is 29.7 Å². The molecule has 8 heteroatoms. The van der Waals surface area contributed by atoms with Gasteiger partial charge < -0.3 is 0 Å². The van der Waals surface area contributed by atoms with Gasteiger partial charge in [-0.05, 0) is 48.4 Å².